The smallest absolute Gasteiger partial charge is 0.244 e. The third-order valence-corrected chi connectivity index (χ3v) is 6.33. The van der Waals surface area contributed by atoms with Gasteiger partial charge >= 0.3 is 0 Å². The number of thioether (sulfide) groups is 1. The summed E-state index contributed by atoms with van der Waals surface area (Å²) in [5, 5.41) is 0.594. The number of benzene rings is 1. The van der Waals surface area contributed by atoms with Crippen molar-refractivity contribution in [3.63, 3.8) is 0 Å². The van der Waals surface area contributed by atoms with Gasteiger partial charge < -0.3 is 5.73 Å². The first kappa shape index (κ1) is 16.4. The van der Waals surface area contributed by atoms with Crippen LogP contribution < -0.4 is 5.73 Å². The van der Waals surface area contributed by atoms with E-state index < -0.39 is 10.0 Å². The Bertz CT molecular complexity index is 652. The van der Waals surface area contributed by atoms with Gasteiger partial charge in [0.25, 0.3) is 0 Å². The van der Waals surface area contributed by atoms with Crippen LogP contribution in [0, 0.1) is 11.8 Å². The Morgan fingerprint density at radius 1 is 1.29 bits per heavy atom. The van der Waals surface area contributed by atoms with Gasteiger partial charge in [0.05, 0.1) is 11.4 Å². The Hall–Kier alpha value is -1.00. The second kappa shape index (κ2) is 6.84. The lowest BCUT2D eigenvalue weighted by atomic mass is 10.2. The quantitative estimate of drug-likeness (QED) is 0.838. The zero-order valence-electron chi connectivity index (χ0n) is 12.2. The number of nitrogens with two attached hydrogens (primary N) is 1. The van der Waals surface area contributed by atoms with E-state index in [1.165, 1.54) is 0 Å². The molecule has 1 aliphatic rings. The fourth-order valence-electron chi connectivity index (χ4n) is 2.41. The van der Waals surface area contributed by atoms with Crippen LogP contribution in [0.3, 0.4) is 0 Å². The summed E-state index contributed by atoms with van der Waals surface area (Å²) in [5.41, 5.74) is 5.89. The summed E-state index contributed by atoms with van der Waals surface area (Å²) >= 11 is 1.82. The molecule has 1 heterocycles. The molecule has 1 saturated heterocycles. The van der Waals surface area contributed by atoms with Gasteiger partial charge in [0.2, 0.25) is 10.0 Å². The van der Waals surface area contributed by atoms with E-state index in [-0.39, 0.29) is 11.4 Å². The summed E-state index contributed by atoms with van der Waals surface area (Å²) in [6, 6.07) is 6.86. The first-order valence-corrected chi connectivity index (χ1v) is 9.27. The molecule has 1 aromatic rings. The molecule has 2 unspecified atom stereocenters. The highest BCUT2D eigenvalue weighted by molar-refractivity contribution is 8.00. The molecule has 0 aromatic heterocycles. The van der Waals surface area contributed by atoms with Crippen LogP contribution in [-0.4, -0.2) is 42.9 Å². The lowest BCUT2D eigenvalue weighted by Crippen LogP contribution is -2.44. The maximum Gasteiger partial charge on any atom is 0.244 e. The van der Waals surface area contributed by atoms with Crippen molar-refractivity contribution in [1.29, 1.82) is 0 Å². The molecule has 0 spiro atoms. The predicted octanol–water partition coefficient (Wildman–Crippen LogP) is 1.51. The monoisotopic (exact) mass is 324 g/mol. The molecule has 2 N–H and O–H groups in total. The lowest BCUT2D eigenvalue weighted by Gasteiger charge is -2.33. The number of nitrogens with zero attached hydrogens (tertiary/aromatic N) is 1. The zero-order chi connectivity index (χ0) is 15.5. The number of hydrogen-bond acceptors (Lipinski definition) is 4. The molecular formula is C15H20N2O2S2. The average molecular weight is 324 g/mol. The molecule has 0 saturated carbocycles. The minimum Gasteiger partial charge on any atom is -0.320 e. The highest BCUT2D eigenvalue weighted by Gasteiger charge is 2.33. The Labute approximate surface area is 131 Å². The normalized spacial score (nSPS) is 23.4. The standard InChI is InChI=1S/C15H20N2O2S2/c1-12-10-17(11-13(2)20-12)21(18,19)15-8-4-3-6-14(15)7-5-9-16/h3-4,6,8,12-13H,9-11,16H2,1-2H3. The summed E-state index contributed by atoms with van der Waals surface area (Å²) in [7, 11) is -3.51. The molecule has 114 valence electrons. The van der Waals surface area contributed by atoms with E-state index in [2.05, 4.69) is 25.7 Å². The van der Waals surface area contributed by atoms with E-state index in [0.717, 1.165) is 0 Å². The van der Waals surface area contributed by atoms with Crippen molar-refractivity contribution in [2.24, 2.45) is 5.73 Å². The van der Waals surface area contributed by atoms with Gasteiger partial charge in [-0.1, -0.05) is 37.8 Å². The molecule has 1 fully saturated rings. The van der Waals surface area contributed by atoms with Gasteiger partial charge in [0.15, 0.2) is 0 Å². The Morgan fingerprint density at radius 2 is 1.90 bits per heavy atom. The number of sulfonamides is 1. The van der Waals surface area contributed by atoms with Gasteiger partial charge in [-0.2, -0.15) is 16.1 Å². The molecule has 6 heteroatoms. The SMILES string of the molecule is CC1CN(S(=O)(=O)c2ccccc2C#CCN)CC(C)S1. The molecule has 0 radical (unpaired) electrons. The lowest BCUT2D eigenvalue weighted by molar-refractivity contribution is 0.404. The topological polar surface area (TPSA) is 63.4 Å². The molecule has 21 heavy (non-hydrogen) atoms. The van der Waals surface area contributed by atoms with Gasteiger partial charge in [0.1, 0.15) is 0 Å². The maximum atomic E-state index is 12.9. The van der Waals surface area contributed by atoms with Crippen LogP contribution in [0.1, 0.15) is 19.4 Å². The molecule has 1 aliphatic heterocycles. The van der Waals surface area contributed by atoms with Crippen LogP contribution >= 0.6 is 11.8 Å². The van der Waals surface area contributed by atoms with E-state index >= 15 is 0 Å². The summed E-state index contributed by atoms with van der Waals surface area (Å²) in [6.07, 6.45) is 0. The third kappa shape index (κ3) is 3.80. The highest BCUT2D eigenvalue weighted by atomic mass is 32.2. The van der Waals surface area contributed by atoms with E-state index in [0.29, 0.717) is 29.2 Å². The van der Waals surface area contributed by atoms with Gasteiger partial charge in [-0.05, 0) is 12.1 Å². The average Bonchev–Trinajstić information content (AvgIpc) is 2.44. The summed E-state index contributed by atoms with van der Waals surface area (Å²) in [6.45, 7) is 5.40. The molecule has 0 aliphatic carbocycles. The first-order valence-electron chi connectivity index (χ1n) is 6.88. The van der Waals surface area contributed by atoms with Gasteiger partial charge in [-0.3, -0.25) is 0 Å². The van der Waals surface area contributed by atoms with E-state index in [1.807, 2.05) is 11.8 Å². The Morgan fingerprint density at radius 3 is 2.52 bits per heavy atom. The maximum absolute atomic E-state index is 12.9. The van der Waals surface area contributed by atoms with Crippen LogP contribution in [0.25, 0.3) is 0 Å². The van der Waals surface area contributed by atoms with Crippen LogP contribution in [0.15, 0.2) is 29.2 Å². The van der Waals surface area contributed by atoms with Crippen molar-refractivity contribution in [2.75, 3.05) is 19.6 Å². The molecule has 1 aromatic carbocycles. The Balaban J connectivity index is 2.40. The highest BCUT2D eigenvalue weighted by Crippen LogP contribution is 2.29. The Kier molecular flexibility index (Phi) is 5.33. The number of hydrogen-bond donors (Lipinski definition) is 1. The molecule has 2 rings (SSSR count). The predicted molar refractivity (Wildman–Crippen MR) is 87.6 cm³/mol. The zero-order valence-corrected chi connectivity index (χ0v) is 13.9. The molecule has 4 nitrogen and oxygen atoms in total. The van der Waals surface area contributed by atoms with Crippen LogP contribution in [0.4, 0.5) is 0 Å². The molecular weight excluding hydrogens is 304 g/mol. The molecule has 0 amide bonds. The van der Waals surface area contributed by atoms with E-state index in [4.69, 9.17) is 5.73 Å². The van der Waals surface area contributed by atoms with E-state index in [1.54, 1.807) is 28.6 Å². The minimum absolute atomic E-state index is 0.211. The van der Waals surface area contributed by atoms with Crippen molar-refractivity contribution in [3.8, 4) is 11.8 Å². The second-order valence-electron chi connectivity index (χ2n) is 5.08. The van der Waals surface area contributed by atoms with Crippen LogP contribution in [-0.2, 0) is 10.0 Å². The summed E-state index contributed by atoms with van der Waals surface area (Å²) < 4.78 is 27.3. The van der Waals surface area contributed by atoms with Gasteiger partial charge in [-0.25, -0.2) is 8.42 Å². The summed E-state index contributed by atoms with van der Waals surface area (Å²) in [5.74, 6) is 5.58. The fourth-order valence-corrected chi connectivity index (χ4v) is 5.69. The molecule has 0 bridgehead atoms. The van der Waals surface area contributed by atoms with Crippen molar-refractivity contribution >= 4 is 21.8 Å². The van der Waals surface area contributed by atoms with Crippen LogP contribution in [0.5, 0.6) is 0 Å². The van der Waals surface area contributed by atoms with Crippen molar-refractivity contribution in [3.05, 3.63) is 29.8 Å². The van der Waals surface area contributed by atoms with E-state index in [9.17, 15) is 8.42 Å². The van der Waals surface area contributed by atoms with Gasteiger partial charge in [0, 0.05) is 29.2 Å². The van der Waals surface area contributed by atoms with Crippen molar-refractivity contribution < 1.29 is 8.42 Å². The van der Waals surface area contributed by atoms with Crippen molar-refractivity contribution in [2.45, 2.75) is 29.2 Å². The molecule has 2 atom stereocenters. The first-order chi connectivity index (χ1) is 9.95. The van der Waals surface area contributed by atoms with Gasteiger partial charge in [-0.15, -0.1) is 0 Å². The third-order valence-electron chi connectivity index (χ3n) is 3.22. The summed E-state index contributed by atoms with van der Waals surface area (Å²) in [4.78, 5) is 0.275. The van der Waals surface area contributed by atoms with Crippen LogP contribution in [0.2, 0.25) is 0 Å². The largest absolute Gasteiger partial charge is 0.320 e. The number of rotatable bonds is 2. The second-order valence-corrected chi connectivity index (χ2v) is 8.87. The minimum atomic E-state index is -3.51. The van der Waals surface area contributed by atoms with Crippen molar-refractivity contribution in [1.82, 2.24) is 4.31 Å². The fraction of sp³-hybridized carbons (Fsp3) is 0.467.